The fourth-order valence-corrected chi connectivity index (χ4v) is 0.567. The standard InChI is InChI=1S/C3H8FNO2S/c4-7-3(1-5)2-8-6/h3,6H,1-2,5H2. The third-order valence-electron chi connectivity index (χ3n) is 0.649. The van der Waals surface area contributed by atoms with E-state index in [-0.39, 0.29) is 12.3 Å². The van der Waals surface area contributed by atoms with E-state index >= 15 is 0 Å². The third-order valence-corrected chi connectivity index (χ3v) is 1.17. The molecule has 3 N–H and O–H groups in total. The highest BCUT2D eigenvalue weighted by atomic mass is 32.2. The van der Waals surface area contributed by atoms with Gasteiger partial charge < -0.3 is 10.3 Å². The highest BCUT2D eigenvalue weighted by Crippen LogP contribution is 1.99. The molecule has 0 aliphatic carbocycles. The summed E-state index contributed by atoms with van der Waals surface area (Å²) in [5, 5.41) is 0. The Morgan fingerprint density at radius 1 is 1.88 bits per heavy atom. The van der Waals surface area contributed by atoms with Gasteiger partial charge in [-0.3, -0.25) is 0 Å². The van der Waals surface area contributed by atoms with Gasteiger partial charge >= 0.3 is 0 Å². The van der Waals surface area contributed by atoms with Crippen LogP contribution in [0, 0.1) is 0 Å². The molecule has 0 aliphatic rings. The second-order valence-electron chi connectivity index (χ2n) is 1.24. The van der Waals surface area contributed by atoms with Gasteiger partial charge in [-0.2, -0.15) is 4.94 Å². The molecule has 8 heavy (non-hydrogen) atoms. The van der Waals surface area contributed by atoms with Gasteiger partial charge in [0.05, 0.1) is 5.75 Å². The van der Waals surface area contributed by atoms with E-state index in [0.717, 1.165) is 0 Å². The van der Waals surface area contributed by atoms with E-state index in [0.29, 0.717) is 12.0 Å². The fraction of sp³-hybridized carbons (Fsp3) is 1.00. The van der Waals surface area contributed by atoms with Crippen LogP contribution < -0.4 is 5.73 Å². The van der Waals surface area contributed by atoms with Gasteiger partial charge in [-0.25, -0.2) is 0 Å². The lowest BCUT2D eigenvalue weighted by Gasteiger charge is -2.03. The molecule has 1 atom stereocenters. The van der Waals surface area contributed by atoms with Gasteiger partial charge in [-0.1, -0.05) is 0 Å². The number of nitrogens with two attached hydrogens (primary N) is 1. The molecule has 1 unspecified atom stereocenters. The SMILES string of the molecule is NCC(CSO)OF. The van der Waals surface area contributed by atoms with Crippen LogP contribution in [-0.4, -0.2) is 23.0 Å². The Bertz CT molecular complexity index is 52.5. The highest BCUT2D eigenvalue weighted by molar-refractivity contribution is 7.93. The molecular weight excluding hydrogens is 133 g/mol. The van der Waals surface area contributed by atoms with Crippen molar-refractivity contribution in [3.8, 4) is 0 Å². The molecule has 50 valence electrons. The van der Waals surface area contributed by atoms with E-state index in [1.54, 1.807) is 0 Å². The lowest BCUT2D eigenvalue weighted by atomic mass is 10.4. The molecule has 0 aliphatic heterocycles. The Kier molecular flexibility index (Phi) is 5.41. The Hall–Kier alpha value is 0.160. The lowest BCUT2D eigenvalue weighted by molar-refractivity contribution is -0.166. The molecule has 0 saturated carbocycles. The first-order valence-corrected chi connectivity index (χ1v) is 3.03. The normalized spacial score (nSPS) is 13.9. The molecule has 0 radical (unpaired) electrons. The minimum absolute atomic E-state index is 0.0874. The summed E-state index contributed by atoms with van der Waals surface area (Å²) in [7, 11) is 0. The van der Waals surface area contributed by atoms with Gasteiger partial charge in [0.1, 0.15) is 6.10 Å². The molecule has 3 nitrogen and oxygen atoms in total. The first-order valence-electron chi connectivity index (χ1n) is 2.09. The molecule has 0 saturated heterocycles. The Morgan fingerprint density at radius 3 is 2.62 bits per heavy atom. The van der Waals surface area contributed by atoms with Crippen molar-refractivity contribution in [2.45, 2.75) is 6.10 Å². The smallest absolute Gasteiger partial charge is 0.122 e. The molecule has 0 amide bonds. The van der Waals surface area contributed by atoms with Crippen LogP contribution in [0.2, 0.25) is 0 Å². The summed E-state index contributed by atoms with van der Waals surface area (Å²) in [4.78, 5) is 3.33. The molecule has 0 aromatic heterocycles. The average molecular weight is 141 g/mol. The van der Waals surface area contributed by atoms with Crippen molar-refractivity contribution in [3.63, 3.8) is 0 Å². The van der Waals surface area contributed by atoms with E-state index in [2.05, 4.69) is 4.94 Å². The molecule has 0 aromatic rings. The minimum Gasteiger partial charge on any atom is -0.330 e. The number of hydrogen-bond donors (Lipinski definition) is 2. The molecule has 0 fully saturated rings. The molecular formula is C3H8FNO2S. The largest absolute Gasteiger partial charge is 0.330 e. The van der Waals surface area contributed by atoms with E-state index in [9.17, 15) is 4.53 Å². The van der Waals surface area contributed by atoms with Crippen LogP contribution in [0.3, 0.4) is 0 Å². The molecule has 0 rings (SSSR count). The van der Waals surface area contributed by atoms with E-state index in [1.165, 1.54) is 0 Å². The maximum atomic E-state index is 11.1. The summed E-state index contributed by atoms with van der Waals surface area (Å²) in [5.74, 6) is 0.174. The van der Waals surface area contributed by atoms with Crippen LogP contribution in [0.5, 0.6) is 0 Å². The summed E-state index contributed by atoms with van der Waals surface area (Å²) in [6.07, 6.45) is -0.676. The minimum atomic E-state index is -0.676. The predicted molar refractivity (Wildman–Crippen MR) is 30.1 cm³/mol. The van der Waals surface area contributed by atoms with Gasteiger partial charge in [-0.05, 0) is 16.6 Å². The summed E-state index contributed by atoms with van der Waals surface area (Å²) in [5.41, 5.74) is 4.98. The van der Waals surface area contributed by atoms with Gasteiger partial charge in [-0.15, -0.1) is 0 Å². The van der Waals surface area contributed by atoms with Crippen molar-refractivity contribution in [2.24, 2.45) is 5.73 Å². The Labute approximate surface area is 51.1 Å². The van der Waals surface area contributed by atoms with Crippen LogP contribution >= 0.6 is 12.0 Å². The first kappa shape index (κ1) is 8.16. The maximum Gasteiger partial charge on any atom is 0.122 e. The van der Waals surface area contributed by atoms with Crippen LogP contribution in [0.4, 0.5) is 4.53 Å². The number of halogens is 1. The van der Waals surface area contributed by atoms with Crippen molar-refractivity contribution >= 4 is 12.0 Å². The maximum absolute atomic E-state index is 11.1. The number of rotatable bonds is 4. The van der Waals surface area contributed by atoms with Crippen molar-refractivity contribution in [1.29, 1.82) is 0 Å². The van der Waals surface area contributed by atoms with E-state index < -0.39 is 6.10 Å². The fourth-order valence-electron chi connectivity index (χ4n) is 0.213. The number of hydrogen-bond acceptors (Lipinski definition) is 4. The summed E-state index contributed by atoms with van der Waals surface area (Å²) in [6.45, 7) is 0.0874. The van der Waals surface area contributed by atoms with Crippen LogP contribution in [0.1, 0.15) is 0 Å². The molecule has 0 spiro atoms. The van der Waals surface area contributed by atoms with Crippen molar-refractivity contribution < 1.29 is 14.0 Å². The van der Waals surface area contributed by atoms with E-state index in [1.807, 2.05) is 0 Å². The first-order chi connectivity index (χ1) is 3.85. The average Bonchev–Trinajstić information content (AvgIpc) is 1.83. The van der Waals surface area contributed by atoms with Gasteiger partial charge in [0.15, 0.2) is 0 Å². The van der Waals surface area contributed by atoms with Crippen molar-refractivity contribution in [2.75, 3.05) is 12.3 Å². The van der Waals surface area contributed by atoms with Crippen LogP contribution in [0.25, 0.3) is 0 Å². The van der Waals surface area contributed by atoms with Crippen molar-refractivity contribution in [1.82, 2.24) is 0 Å². The quantitative estimate of drug-likeness (QED) is 0.557. The third kappa shape index (κ3) is 3.20. The predicted octanol–water partition coefficient (Wildman–Crippen LogP) is 0.421. The second-order valence-corrected chi connectivity index (χ2v) is 1.83. The second kappa shape index (κ2) is 5.30. The molecule has 5 heteroatoms. The highest BCUT2D eigenvalue weighted by Gasteiger charge is 2.05. The molecule has 0 aromatic carbocycles. The summed E-state index contributed by atoms with van der Waals surface area (Å²) in [6, 6.07) is 0. The molecule has 0 bridgehead atoms. The Balaban J connectivity index is 3.07. The lowest BCUT2D eigenvalue weighted by Crippen LogP contribution is -2.23. The van der Waals surface area contributed by atoms with Gasteiger partial charge in [0, 0.05) is 6.54 Å². The topological polar surface area (TPSA) is 55.5 Å². The zero-order valence-corrected chi connectivity index (χ0v) is 5.03. The van der Waals surface area contributed by atoms with E-state index in [4.69, 9.17) is 10.3 Å². The summed E-state index contributed by atoms with van der Waals surface area (Å²) >= 11 is 0.514. The van der Waals surface area contributed by atoms with Gasteiger partial charge in [0.25, 0.3) is 0 Å². The van der Waals surface area contributed by atoms with Crippen molar-refractivity contribution in [3.05, 3.63) is 0 Å². The molecule has 0 heterocycles. The Morgan fingerprint density at radius 2 is 2.50 bits per heavy atom. The zero-order valence-electron chi connectivity index (χ0n) is 4.21. The monoisotopic (exact) mass is 141 g/mol. The summed E-state index contributed by atoms with van der Waals surface area (Å²) < 4.78 is 19.3. The van der Waals surface area contributed by atoms with Gasteiger partial charge in [0.2, 0.25) is 0 Å². The van der Waals surface area contributed by atoms with Crippen LogP contribution in [0.15, 0.2) is 0 Å². The zero-order chi connectivity index (χ0) is 6.41. The van der Waals surface area contributed by atoms with Crippen LogP contribution in [-0.2, 0) is 4.94 Å².